The van der Waals surface area contributed by atoms with E-state index in [1.807, 2.05) is 6.92 Å². The third-order valence-electron chi connectivity index (χ3n) is 3.55. The van der Waals surface area contributed by atoms with Crippen molar-refractivity contribution in [1.82, 2.24) is 0 Å². The second-order valence-electron chi connectivity index (χ2n) is 5.65. The summed E-state index contributed by atoms with van der Waals surface area (Å²) in [5.74, 6) is -0.562. The minimum Gasteiger partial charge on any atom is -0.452 e. The number of hydrogen-bond donors (Lipinski definition) is 2. The van der Waals surface area contributed by atoms with Crippen molar-refractivity contribution in [2.75, 3.05) is 10.6 Å². The van der Waals surface area contributed by atoms with E-state index in [4.69, 9.17) is 4.74 Å². The maximum atomic E-state index is 12.0. The van der Waals surface area contributed by atoms with Gasteiger partial charge in [0, 0.05) is 18.3 Å². The first-order valence-electron chi connectivity index (χ1n) is 7.26. The highest BCUT2D eigenvalue weighted by Gasteiger charge is 2.41. The zero-order valence-electron chi connectivity index (χ0n) is 12.9. The molecule has 1 aliphatic rings. The molecule has 2 amide bonds. The van der Waals surface area contributed by atoms with Gasteiger partial charge in [0.15, 0.2) is 6.10 Å². The monoisotopic (exact) mass is 304 g/mol. The summed E-state index contributed by atoms with van der Waals surface area (Å²) < 4.78 is 5.15. The van der Waals surface area contributed by atoms with Crippen LogP contribution in [-0.4, -0.2) is 23.9 Å². The molecule has 1 fully saturated rings. The van der Waals surface area contributed by atoms with Gasteiger partial charge in [-0.15, -0.1) is 0 Å². The van der Waals surface area contributed by atoms with Crippen molar-refractivity contribution in [3.05, 3.63) is 24.3 Å². The van der Waals surface area contributed by atoms with Crippen LogP contribution in [0, 0.1) is 11.8 Å². The lowest BCUT2D eigenvalue weighted by Gasteiger charge is -2.13. The Labute approximate surface area is 129 Å². The van der Waals surface area contributed by atoms with Gasteiger partial charge in [-0.1, -0.05) is 6.92 Å². The summed E-state index contributed by atoms with van der Waals surface area (Å²) in [5.41, 5.74) is 1.22. The minimum absolute atomic E-state index is 0.0628. The topological polar surface area (TPSA) is 84.5 Å². The van der Waals surface area contributed by atoms with Gasteiger partial charge in [-0.3, -0.25) is 14.4 Å². The maximum Gasteiger partial charge on any atom is 0.309 e. The average molecular weight is 304 g/mol. The van der Waals surface area contributed by atoms with Crippen molar-refractivity contribution in [3.8, 4) is 0 Å². The quantitative estimate of drug-likeness (QED) is 0.817. The van der Waals surface area contributed by atoms with Crippen molar-refractivity contribution in [3.63, 3.8) is 0 Å². The van der Waals surface area contributed by atoms with Gasteiger partial charge in [0.1, 0.15) is 0 Å². The van der Waals surface area contributed by atoms with E-state index in [-0.39, 0.29) is 23.7 Å². The zero-order chi connectivity index (χ0) is 16.3. The van der Waals surface area contributed by atoms with Gasteiger partial charge in [0.2, 0.25) is 5.91 Å². The fourth-order valence-electron chi connectivity index (χ4n) is 2.05. The van der Waals surface area contributed by atoms with Crippen molar-refractivity contribution >= 4 is 29.2 Å². The van der Waals surface area contributed by atoms with Gasteiger partial charge in [-0.2, -0.15) is 0 Å². The highest BCUT2D eigenvalue weighted by Crippen LogP contribution is 2.38. The summed E-state index contributed by atoms with van der Waals surface area (Å²) in [4.78, 5) is 34.6. The van der Waals surface area contributed by atoms with Crippen LogP contribution in [0.4, 0.5) is 11.4 Å². The van der Waals surface area contributed by atoms with Crippen LogP contribution in [0.5, 0.6) is 0 Å². The van der Waals surface area contributed by atoms with Gasteiger partial charge in [0.05, 0.1) is 5.92 Å². The molecule has 1 aliphatic carbocycles. The first-order chi connectivity index (χ1) is 10.4. The Morgan fingerprint density at radius 1 is 1.14 bits per heavy atom. The van der Waals surface area contributed by atoms with Crippen molar-refractivity contribution < 1.29 is 19.1 Å². The molecule has 0 aromatic heterocycles. The first-order valence-corrected chi connectivity index (χ1v) is 7.26. The highest BCUT2D eigenvalue weighted by molar-refractivity contribution is 5.95. The number of rotatable bonds is 5. The Morgan fingerprint density at radius 3 is 2.09 bits per heavy atom. The van der Waals surface area contributed by atoms with E-state index in [2.05, 4.69) is 10.6 Å². The molecule has 0 saturated heterocycles. The Kier molecular flexibility index (Phi) is 4.80. The van der Waals surface area contributed by atoms with Gasteiger partial charge in [-0.25, -0.2) is 0 Å². The molecule has 6 nitrogen and oxygen atoms in total. The van der Waals surface area contributed by atoms with E-state index in [1.165, 1.54) is 6.92 Å². The molecular formula is C16H20N2O4. The summed E-state index contributed by atoms with van der Waals surface area (Å²) in [7, 11) is 0. The van der Waals surface area contributed by atoms with Gasteiger partial charge < -0.3 is 15.4 Å². The largest absolute Gasteiger partial charge is 0.452 e. The maximum absolute atomic E-state index is 12.0. The number of carbonyl (C=O) groups is 3. The molecule has 3 unspecified atom stereocenters. The van der Waals surface area contributed by atoms with E-state index in [0.29, 0.717) is 17.3 Å². The molecule has 0 aliphatic heterocycles. The third-order valence-corrected chi connectivity index (χ3v) is 3.55. The standard InChI is InChI=1S/C16H20N2O4/c1-9-8-14(9)16(21)22-10(2)15(20)18-13-6-4-12(5-7-13)17-11(3)19/h4-7,9-10,14H,8H2,1-3H3,(H,17,19)(H,18,20). The number of ether oxygens (including phenoxy) is 1. The number of anilines is 2. The predicted molar refractivity (Wildman–Crippen MR) is 82.2 cm³/mol. The lowest BCUT2D eigenvalue weighted by molar-refractivity contribution is -0.154. The Bertz CT molecular complexity index is 582. The highest BCUT2D eigenvalue weighted by atomic mass is 16.5. The van der Waals surface area contributed by atoms with Crippen LogP contribution >= 0.6 is 0 Å². The van der Waals surface area contributed by atoms with Crippen molar-refractivity contribution in [1.29, 1.82) is 0 Å². The molecule has 1 aromatic rings. The molecule has 1 saturated carbocycles. The fourth-order valence-corrected chi connectivity index (χ4v) is 2.05. The molecule has 2 rings (SSSR count). The van der Waals surface area contributed by atoms with E-state index in [1.54, 1.807) is 31.2 Å². The SMILES string of the molecule is CC(=O)Nc1ccc(NC(=O)C(C)OC(=O)C2CC2C)cc1. The van der Waals surface area contributed by atoms with E-state index in [9.17, 15) is 14.4 Å². The first kappa shape index (κ1) is 16.0. The number of benzene rings is 1. The molecule has 1 aromatic carbocycles. The zero-order valence-corrected chi connectivity index (χ0v) is 12.9. The van der Waals surface area contributed by atoms with Crippen LogP contribution in [0.15, 0.2) is 24.3 Å². The number of hydrogen-bond acceptors (Lipinski definition) is 4. The third kappa shape index (κ3) is 4.31. The van der Waals surface area contributed by atoms with Crippen LogP contribution in [-0.2, 0) is 19.1 Å². The van der Waals surface area contributed by atoms with Crippen LogP contribution in [0.3, 0.4) is 0 Å². The van der Waals surface area contributed by atoms with E-state index < -0.39 is 6.10 Å². The minimum atomic E-state index is -0.838. The molecule has 2 N–H and O–H groups in total. The lowest BCUT2D eigenvalue weighted by Crippen LogP contribution is -2.30. The second-order valence-corrected chi connectivity index (χ2v) is 5.65. The summed E-state index contributed by atoms with van der Waals surface area (Å²) >= 11 is 0. The average Bonchev–Trinajstić information content (AvgIpc) is 3.17. The van der Waals surface area contributed by atoms with E-state index >= 15 is 0 Å². The van der Waals surface area contributed by atoms with Crippen LogP contribution in [0.2, 0.25) is 0 Å². The number of amides is 2. The second kappa shape index (κ2) is 6.60. The number of nitrogens with one attached hydrogen (secondary N) is 2. The molecular weight excluding hydrogens is 284 g/mol. The number of esters is 1. The van der Waals surface area contributed by atoms with Gasteiger partial charge in [0.25, 0.3) is 5.91 Å². The fraction of sp³-hybridized carbons (Fsp3) is 0.438. The van der Waals surface area contributed by atoms with Gasteiger partial charge in [-0.05, 0) is 43.5 Å². The lowest BCUT2D eigenvalue weighted by atomic mass is 10.2. The Morgan fingerprint density at radius 2 is 1.64 bits per heavy atom. The molecule has 0 radical (unpaired) electrons. The van der Waals surface area contributed by atoms with Crippen LogP contribution in [0.1, 0.15) is 27.2 Å². The van der Waals surface area contributed by atoms with E-state index in [0.717, 1.165) is 6.42 Å². The van der Waals surface area contributed by atoms with Crippen molar-refractivity contribution in [2.45, 2.75) is 33.3 Å². The predicted octanol–water partition coefficient (Wildman–Crippen LogP) is 2.17. The van der Waals surface area contributed by atoms with Crippen LogP contribution < -0.4 is 10.6 Å². The smallest absolute Gasteiger partial charge is 0.309 e. The summed E-state index contributed by atoms with van der Waals surface area (Å²) in [5, 5.41) is 5.31. The molecule has 22 heavy (non-hydrogen) atoms. The Hall–Kier alpha value is -2.37. The normalized spacial score (nSPS) is 20.7. The van der Waals surface area contributed by atoms with Crippen LogP contribution in [0.25, 0.3) is 0 Å². The molecule has 118 valence electrons. The number of carbonyl (C=O) groups excluding carboxylic acids is 3. The summed E-state index contributed by atoms with van der Waals surface area (Å²) in [6.45, 7) is 4.95. The van der Waals surface area contributed by atoms with Crippen molar-refractivity contribution in [2.24, 2.45) is 11.8 Å². The molecule has 6 heteroatoms. The molecule has 0 heterocycles. The molecule has 0 spiro atoms. The summed E-state index contributed by atoms with van der Waals surface area (Å²) in [6, 6.07) is 6.69. The molecule has 3 atom stereocenters. The van der Waals surface area contributed by atoms with Gasteiger partial charge >= 0.3 is 5.97 Å². The summed E-state index contributed by atoms with van der Waals surface area (Å²) in [6.07, 6.45) is -0.00653. The molecule has 0 bridgehead atoms. The Balaban J connectivity index is 1.85.